The predicted octanol–water partition coefficient (Wildman–Crippen LogP) is 3.98. The minimum Gasteiger partial charge on any atom is -0.492 e. The molecular weight excluding hydrogens is 288 g/mol. The summed E-state index contributed by atoms with van der Waals surface area (Å²) in [6, 6.07) is 14.8. The van der Waals surface area contributed by atoms with Crippen molar-refractivity contribution in [2.24, 2.45) is 0 Å². The Bertz CT molecular complexity index is 608. The number of halogens is 1. The van der Waals surface area contributed by atoms with E-state index in [1.54, 1.807) is 18.2 Å². The maximum absolute atomic E-state index is 12.0. The molecule has 0 saturated carbocycles. The average molecular weight is 305 g/mol. The van der Waals surface area contributed by atoms with E-state index in [9.17, 15) is 4.79 Å². The van der Waals surface area contributed by atoms with E-state index in [4.69, 9.17) is 21.1 Å². The van der Waals surface area contributed by atoms with Crippen molar-refractivity contribution in [3.8, 4) is 5.75 Å². The van der Waals surface area contributed by atoms with Crippen molar-refractivity contribution in [3.05, 3.63) is 64.7 Å². The molecule has 0 N–H and O–H groups in total. The van der Waals surface area contributed by atoms with Crippen molar-refractivity contribution in [2.45, 2.75) is 12.8 Å². The molecule has 2 aromatic rings. The van der Waals surface area contributed by atoms with Gasteiger partial charge < -0.3 is 9.47 Å². The van der Waals surface area contributed by atoms with E-state index in [1.165, 1.54) is 7.11 Å². The molecule has 0 bridgehead atoms. The number of ether oxygens (including phenoxy) is 2. The SMILES string of the molecule is COC(=O)C(COc1ccc(C)cc1)c1cccc(Cl)c1. The molecule has 0 heterocycles. The summed E-state index contributed by atoms with van der Waals surface area (Å²) in [4.78, 5) is 12.0. The Morgan fingerprint density at radius 2 is 1.90 bits per heavy atom. The summed E-state index contributed by atoms with van der Waals surface area (Å²) in [5.41, 5.74) is 1.93. The molecule has 0 aliphatic rings. The number of carbonyl (C=O) groups excluding carboxylic acids is 1. The Morgan fingerprint density at radius 1 is 1.19 bits per heavy atom. The molecule has 0 fully saturated rings. The highest BCUT2D eigenvalue weighted by atomic mass is 35.5. The van der Waals surface area contributed by atoms with Crippen LogP contribution in [-0.4, -0.2) is 19.7 Å². The first kappa shape index (κ1) is 15.4. The van der Waals surface area contributed by atoms with Crippen LogP contribution in [0.5, 0.6) is 5.75 Å². The number of methoxy groups -OCH3 is 1. The highest BCUT2D eigenvalue weighted by Gasteiger charge is 2.22. The first-order valence-electron chi connectivity index (χ1n) is 6.63. The normalized spacial score (nSPS) is 11.8. The van der Waals surface area contributed by atoms with Crippen LogP contribution in [0.15, 0.2) is 48.5 Å². The Hall–Kier alpha value is -2.00. The molecule has 1 atom stereocenters. The van der Waals surface area contributed by atoms with Crippen molar-refractivity contribution in [3.63, 3.8) is 0 Å². The highest BCUT2D eigenvalue weighted by Crippen LogP contribution is 2.23. The van der Waals surface area contributed by atoms with Crippen molar-refractivity contribution >= 4 is 17.6 Å². The Kier molecular flexibility index (Phi) is 5.23. The first-order valence-corrected chi connectivity index (χ1v) is 7.00. The fraction of sp³-hybridized carbons (Fsp3) is 0.235. The lowest BCUT2D eigenvalue weighted by atomic mass is 10.0. The summed E-state index contributed by atoms with van der Waals surface area (Å²) in [7, 11) is 1.37. The van der Waals surface area contributed by atoms with Gasteiger partial charge in [0.25, 0.3) is 0 Å². The highest BCUT2D eigenvalue weighted by molar-refractivity contribution is 6.30. The molecule has 3 nitrogen and oxygen atoms in total. The third kappa shape index (κ3) is 4.23. The van der Waals surface area contributed by atoms with E-state index in [-0.39, 0.29) is 12.6 Å². The van der Waals surface area contributed by atoms with Crippen molar-refractivity contribution in [2.75, 3.05) is 13.7 Å². The predicted molar refractivity (Wildman–Crippen MR) is 82.9 cm³/mol. The number of esters is 1. The molecule has 0 amide bonds. The smallest absolute Gasteiger partial charge is 0.316 e. The van der Waals surface area contributed by atoms with Crippen LogP contribution in [-0.2, 0) is 9.53 Å². The summed E-state index contributed by atoms with van der Waals surface area (Å²) >= 11 is 5.98. The molecule has 2 rings (SSSR count). The molecular formula is C17H17ClO3. The zero-order valence-electron chi connectivity index (χ0n) is 12.0. The van der Waals surface area contributed by atoms with Crippen LogP contribution in [0.4, 0.5) is 0 Å². The lowest BCUT2D eigenvalue weighted by Crippen LogP contribution is -2.21. The van der Waals surface area contributed by atoms with Gasteiger partial charge in [-0.2, -0.15) is 0 Å². The summed E-state index contributed by atoms with van der Waals surface area (Å²) in [5, 5.41) is 0.580. The first-order chi connectivity index (χ1) is 10.1. The van der Waals surface area contributed by atoms with Crippen LogP contribution in [0, 0.1) is 6.92 Å². The molecule has 2 aromatic carbocycles. The monoisotopic (exact) mass is 304 g/mol. The number of hydrogen-bond acceptors (Lipinski definition) is 3. The Balaban J connectivity index is 2.13. The number of aryl methyl sites for hydroxylation is 1. The third-order valence-electron chi connectivity index (χ3n) is 3.17. The second kappa shape index (κ2) is 7.14. The second-order valence-electron chi connectivity index (χ2n) is 4.75. The number of hydrogen-bond donors (Lipinski definition) is 0. The zero-order chi connectivity index (χ0) is 15.2. The van der Waals surface area contributed by atoms with Gasteiger partial charge in [-0.15, -0.1) is 0 Å². The lowest BCUT2D eigenvalue weighted by Gasteiger charge is -2.16. The van der Waals surface area contributed by atoms with Crippen LogP contribution < -0.4 is 4.74 Å². The number of carbonyl (C=O) groups is 1. The fourth-order valence-corrected chi connectivity index (χ4v) is 2.18. The van der Waals surface area contributed by atoms with Gasteiger partial charge in [-0.3, -0.25) is 4.79 Å². The van der Waals surface area contributed by atoms with Gasteiger partial charge in [0.2, 0.25) is 0 Å². The molecule has 0 radical (unpaired) electrons. The van der Waals surface area contributed by atoms with E-state index in [0.29, 0.717) is 5.02 Å². The molecule has 0 spiro atoms. The average Bonchev–Trinajstić information content (AvgIpc) is 2.49. The standard InChI is InChI=1S/C17H17ClO3/c1-12-6-8-15(9-7-12)21-11-16(17(19)20-2)13-4-3-5-14(18)10-13/h3-10,16H,11H2,1-2H3. The fourth-order valence-electron chi connectivity index (χ4n) is 1.98. The van der Waals surface area contributed by atoms with E-state index >= 15 is 0 Å². The summed E-state index contributed by atoms with van der Waals surface area (Å²) in [6.45, 7) is 2.21. The van der Waals surface area contributed by atoms with E-state index in [2.05, 4.69) is 0 Å². The summed E-state index contributed by atoms with van der Waals surface area (Å²) in [6.07, 6.45) is 0. The van der Waals surface area contributed by atoms with Crippen LogP contribution in [0.3, 0.4) is 0 Å². The molecule has 0 saturated heterocycles. The molecule has 110 valence electrons. The van der Waals surface area contributed by atoms with Gasteiger partial charge in [0.15, 0.2) is 0 Å². The minimum atomic E-state index is -0.505. The maximum Gasteiger partial charge on any atom is 0.316 e. The molecule has 0 aliphatic carbocycles. The third-order valence-corrected chi connectivity index (χ3v) is 3.41. The van der Waals surface area contributed by atoms with Crippen LogP contribution in [0.2, 0.25) is 5.02 Å². The minimum absolute atomic E-state index is 0.204. The van der Waals surface area contributed by atoms with Crippen LogP contribution >= 0.6 is 11.6 Å². The van der Waals surface area contributed by atoms with Gasteiger partial charge in [-0.05, 0) is 36.8 Å². The van der Waals surface area contributed by atoms with Gasteiger partial charge in [-0.1, -0.05) is 41.4 Å². The summed E-state index contributed by atoms with van der Waals surface area (Å²) in [5.74, 6) is -0.129. The topological polar surface area (TPSA) is 35.5 Å². The van der Waals surface area contributed by atoms with Crippen molar-refractivity contribution < 1.29 is 14.3 Å². The zero-order valence-corrected chi connectivity index (χ0v) is 12.8. The molecule has 0 aliphatic heterocycles. The van der Waals surface area contributed by atoms with Crippen molar-refractivity contribution in [1.82, 2.24) is 0 Å². The molecule has 0 aromatic heterocycles. The Labute approximate surface area is 129 Å². The molecule has 1 unspecified atom stereocenters. The molecule has 21 heavy (non-hydrogen) atoms. The maximum atomic E-state index is 12.0. The summed E-state index contributed by atoms with van der Waals surface area (Å²) < 4.78 is 10.5. The van der Waals surface area contributed by atoms with Gasteiger partial charge >= 0.3 is 5.97 Å². The second-order valence-corrected chi connectivity index (χ2v) is 5.19. The van der Waals surface area contributed by atoms with Gasteiger partial charge in [0, 0.05) is 5.02 Å². The van der Waals surface area contributed by atoms with E-state index in [0.717, 1.165) is 16.9 Å². The van der Waals surface area contributed by atoms with Crippen molar-refractivity contribution in [1.29, 1.82) is 0 Å². The number of benzene rings is 2. The molecule has 4 heteroatoms. The van der Waals surface area contributed by atoms with Gasteiger partial charge in [-0.25, -0.2) is 0 Å². The van der Waals surface area contributed by atoms with E-state index in [1.807, 2.05) is 37.3 Å². The van der Waals surface area contributed by atoms with Crippen LogP contribution in [0.1, 0.15) is 17.0 Å². The Morgan fingerprint density at radius 3 is 2.52 bits per heavy atom. The quantitative estimate of drug-likeness (QED) is 0.784. The largest absolute Gasteiger partial charge is 0.492 e. The van der Waals surface area contributed by atoms with Gasteiger partial charge in [0.1, 0.15) is 18.3 Å². The lowest BCUT2D eigenvalue weighted by molar-refractivity contribution is -0.143. The number of rotatable bonds is 5. The van der Waals surface area contributed by atoms with Crippen LogP contribution in [0.25, 0.3) is 0 Å². The van der Waals surface area contributed by atoms with Gasteiger partial charge in [0.05, 0.1) is 7.11 Å². The van der Waals surface area contributed by atoms with E-state index < -0.39 is 5.92 Å².